The Hall–Kier alpha value is -0.640. The summed E-state index contributed by atoms with van der Waals surface area (Å²) in [7, 11) is 2.00. The van der Waals surface area contributed by atoms with Gasteiger partial charge in [0.15, 0.2) is 0 Å². The summed E-state index contributed by atoms with van der Waals surface area (Å²) >= 11 is 5.30. The van der Waals surface area contributed by atoms with Gasteiger partial charge in [0, 0.05) is 14.2 Å². The molecule has 1 unspecified atom stereocenters. The number of rotatable bonds is 3. The van der Waals surface area contributed by atoms with Crippen molar-refractivity contribution in [1.82, 2.24) is 5.32 Å². The minimum absolute atomic E-state index is 0.298. The highest BCUT2D eigenvalue weighted by atomic mass is 79.9. The molecule has 84 valence electrons. The van der Waals surface area contributed by atoms with Gasteiger partial charge in [0.25, 0.3) is 0 Å². The van der Waals surface area contributed by atoms with Crippen LogP contribution in [0.2, 0.25) is 0 Å². The fourth-order valence-corrected chi connectivity index (χ4v) is 3.02. The van der Waals surface area contributed by atoms with Crippen LogP contribution in [0.5, 0.6) is 0 Å². The Kier molecular flexibility index (Phi) is 3.79. The van der Waals surface area contributed by atoms with E-state index in [2.05, 4.69) is 64.6 Å². The zero-order chi connectivity index (χ0) is 11.5. The van der Waals surface area contributed by atoms with E-state index in [1.54, 1.807) is 0 Å². The average Bonchev–Trinajstić information content (AvgIpc) is 2.69. The molecule has 1 aromatic heterocycles. The van der Waals surface area contributed by atoms with Gasteiger partial charge in [-0.25, -0.2) is 0 Å². The third-order valence-corrected chi connectivity index (χ3v) is 4.13. The molecule has 0 spiro atoms. The van der Waals surface area contributed by atoms with Crippen molar-refractivity contribution in [2.24, 2.45) is 0 Å². The summed E-state index contributed by atoms with van der Waals surface area (Å²) in [5.41, 5.74) is 1.30. The van der Waals surface area contributed by atoms with E-state index in [9.17, 15) is 0 Å². The molecule has 0 amide bonds. The van der Waals surface area contributed by atoms with Crippen LogP contribution in [0, 0.1) is 6.92 Å². The quantitative estimate of drug-likeness (QED) is 0.898. The monoisotopic (exact) mass is 295 g/mol. The molecule has 0 aliphatic carbocycles. The van der Waals surface area contributed by atoms with Crippen molar-refractivity contribution in [1.29, 1.82) is 0 Å². The smallest absolute Gasteiger partial charge is 0.0668 e. The summed E-state index contributed by atoms with van der Waals surface area (Å²) in [4.78, 5) is 2.72. The third kappa shape index (κ3) is 2.54. The summed E-state index contributed by atoms with van der Waals surface area (Å²) in [6, 6.07) is 13.1. The van der Waals surface area contributed by atoms with Gasteiger partial charge in [-0.2, -0.15) is 0 Å². The lowest BCUT2D eigenvalue weighted by atomic mass is 10.1. The Bertz CT molecular complexity index is 461. The minimum atomic E-state index is 0.298. The van der Waals surface area contributed by atoms with Crippen LogP contribution in [0.15, 0.2) is 40.9 Å². The molecular weight excluding hydrogens is 282 g/mol. The Balaban J connectivity index is 2.32. The van der Waals surface area contributed by atoms with Crippen molar-refractivity contribution in [3.05, 3.63) is 56.2 Å². The first-order valence-corrected chi connectivity index (χ1v) is 6.80. The van der Waals surface area contributed by atoms with Crippen molar-refractivity contribution in [3.8, 4) is 0 Å². The van der Waals surface area contributed by atoms with Gasteiger partial charge >= 0.3 is 0 Å². The summed E-state index contributed by atoms with van der Waals surface area (Å²) < 4.78 is 1.12. The maximum absolute atomic E-state index is 3.46. The van der Waals surface area contributed by atoms with Crippen LogP contribution in [0.3, 0.4) is 0 Å². The normalized spacial score (nSPS) is 12.7. The van der Waals surface area contributed by atoms with Crippen LogP contribution >= 0.6 is 27.3 Å². The molecule has 0 fully saturated rings. The van der Waals surface area contributed by atoms with Crippen LogP contribution in [0.1, 0.15) is 21.4 Å². The minimum Gasteiger partial charge on any atom is -0.309 e. The van der Waals surface area contributed by atoms with Gasteiger partial charge in [-0.15, -0.1) is 11.3 Å². The first-order chi connectivity index (χ1) is 7.70. The Morgan fingerprint density at radius 1 is 1.12 bits per heavy atom. The topological polar surface area (TPSA) is 12.0 Å². The first-order valence-electron chi connectivity index (χ1n) is 5.20. The second kappa shape index (κ2) is 5.13. The molecule has 0 aliphatic rings. The van der Waals surface area contributed by atoms with Gasteiger partial charge < -0.3 is 5.32 Å². The second-order valence-electron chi connectivity index (χ2n) is 3.72. The molecule has 0 radical (unpaired) electrons. The molecule has 1 nitrogen and oxygen atoms in total. The molecule has 1 heterocycles. The molecule has 2 aromatic rings. The zero-order valence-electron chi connectivity index (χ0n) is 9.33. The maximum Gasteiger partial charge on any atom is 0.0668 e. The highest BCUT2D eigenvalue weighted by molar-refractivity contribution is 9.10. The van der Waals surface area contributed by atoms with Gasteiger partial charge in [0.05, 0.1) is 6.04 Å². The van der Waals surface area contributed by atoms with E-state index in [1.165, 1.54) is 15.3 Å². The van der Waals surface area contributed by atoms with Crippen LogP contribution in [-0.2, 0) is 0 Å². The molecule has 16 heavy (non-hydrogen) atoms. The number of nitrogens with one attached hydrogen (secondary N) is 1. The van der Waals surface area contributed by atoms with Crippen molar-refractivity contribution in [2.75, 3.05) is 7.05 Å². The molecule has 1 atom stereocenters. The molecular formula is C13H14BrNS. The number of benzene rings is 1. The average molecular weight is 296 g/mol. The lowest BCUT2D eigenvalue weighted by Gasteiger charge is -2.15. The number of thiophene rings is 1. The van der Waals surface area contributed by atoms with Crippen molar-refractivity contribution in [3.63, 3.8) is 0 Å². The van der Waals surface area contributed by atoms with Gasteiger partial charge in [0.2, 0.25) is 0 Å². The van der Waals surface area contributed by atoms with Crippen molar-refractivity contribution in [2.45, 2.75) is 13.0 Å². The molecule has 3 heteroatoms. The molecule has 0 aliphatic heterocycles. The van der Waals surface area contributed by atoms with Crippen LogP contribution in [-0.4, -0.2) is 7.05 Å². The van der Waals surface area contributed by atoms with Gasteiger partial charge in [0.1, 0.15) is 0 Å². The predicted octanol–water partition coefficient (Wildman–Crippen LogP) is 4.13. The molecule has 0 saturated heterocycles. The van der Waals surface area contributed by atoms with E-state index in [0.717, 1.165) is 4.47 Å². The zero-order valence-corrected chi connectivity index (χ0v) is 11.7. The first kappa shape index (κ1) is 11.8. The molecule has 1 aromatic carbocycles. The van der Waals surface area contributed by atoms with Crippen LogP contribution < -0.4 is 5.32 Å². The van der Waals surface area contributed by atoms with Gasteiger partial charge in [-0.05, 0) is 43.8 Å². The van der Waals surface area contributed by atoms with Gasteiger partial charge in [-0.1, -0.05) is 28.1 Å². The lowest BCUT2D eigenvalue weighted by molar-refractivity contribution is 0.704. The summed E-state index contributed by atoms with van der Waals surface area (Å²) in [6.45, 7) is 2.14. The van der Waals surface area contributed by atoms with Crippen LogP contribution in [0.4, 0.5) is 0 Å². The van der Waals surface area contributed by atoms with E-state index in [0.29, 0.717) is 6.04 Å². The molecule has 0 saturated carbocycles. The maximum atomic E-state index is 3.46. The number of hydrogen-bond acceptors (Lipinski definition) is 2. The molecule has 1 N–H and O–H groups in total. The Labute approximate surface area is 109 Å². The largest absolute Gasteiger partial charge is 0.309 e. The van der Waals surface area contributed by atoms with Crippen molar-refractivity contribution < 1.29 is 0 Å². The van der Waals surface area contributed by atoms with Crippen LogP contribution in [0.25, 0.3) is 0 Å². The van der Waals surface area contributed by atoms with E-state index in [1.807, 2.05) is 18.4 Å². The molecule has 2 rings (SSSR count). The highest BCUT2D eigenvalue weighted by Crippen LogP contribution is 2.28. The predicted molar refractivity (Wildman–Crippen MR) is 74.1 cm³/mol. The standard InChI is InChI=1S/C13H14BrNS/c1-9-3-8-12(16-9)13(15-2)10-4-6-11(14)7-5-10/h3-8,13,15H,1-2H3. The Morgan fingerprint density at radius 2 is 1.81 bits per heavy atom. The summed E-state index contributed by atoms with van der Waals surface area (Å²) in [5, 5.41) is 3.36. The Morgan fingerprint density at radius 3 is 2.31 bits per heavy atom. The second-order valence-corrected chi connectivity index (χ2v) is 5.96. The third-order valence-electron chi connectivity index (χ3n) is 2.54. The number of hydrogen-bond donors (Lipinski definition) is 1. The van der Waals surface area contributed by atoms with Gasteiger partial charge in [-0.3, -0.25) is 0 Å². The summed E-state index contributed by atoms with van der Waals surface area (Å²) in [6.07, 6.45) is 0. The van der Waals surface area contributed by atoms with E-state index < -0.39 is 0 Å². The fraction of sp³-hybridized carbons (Fsp3) is 0.231. The summed E-state index contributed by atoms with van der Waals surface area (Å²) in [5.74, 6) is 0. The number of aryl methyl sites for hydroxylation is 1. The van der Waals surface area contributed by atoms with E-state index in [4.69, 9.17) is 0 Å². The van der Waals surface area contributed by atoms with E-state index >= 15 is 0 Å². The van der Waals surface area contributed by atoms with Crippen molar-refractivity contribution >= 4 is 27.3 Å². The fourth-order valence-electron chi connectivity index (χ4n) is 1.74. The van der Waals surface area contributed by atoms with E-state index in [-0.39, 0.29) is 0 Å². The number of halogens is 1. The molecule has 0 bridgehead atoms. The highest BCUT2D eigenvalue weighted by Gasteiger charge is 2.13. The SMILES string of the molecule is CNC(c1ccc(Br)cc1)c1ccc(C)s1. The lowest BCUT2D eigenvalue weighted by Crippen LogP contribution is -2.16.